The van der Waals surface area contributed by atoms with Gasteiger partial charge >= 0.3 is 0 Å². The largest absolute Gasteiger partial charge is 0.459 e. The van der Waals surface area contributed by atoms with Crippen molar-refractivity contribution in [1.29, 1.82) is 0 Å². The number of carbonyl (C=O) groups excluding carboxylic acids is 1. The molecular weight excluding hydrogens is 518 g/mol. The van der Waals surface area contributed by atoms with Crippen LogP contribution in [0.2, 0.25) is 0 Å². The molecule has 3 heterocycles. The molecule has 198 valence electrons. The lowest BCUT2D eigenvalue weighted by Gasteiger charge is -2.26. The van der Waals surface area contributed by atoms with Gasteiger partial charge in [-0.25, -0.2) is 0 Å². The highest BCUT2D eigenvalue weighted by Gasteiger charge is 2.43. The van der Waals surface area contributed by atoms with Crippen LogP contribution in [0.15, 0.2) is 83.4 Å². The number of benzene rings is 2. The zero-order valence-electron chi connectivity index (χ0n) is 21.2. The molecule has 2 aromatic carbocycles. The summed E-state index contributed by atoms with van der Waals surface area (Å²) in [6.45, 7) is 1.85. The Morgan fingerprint density at radius 3 is 2.69 bits per heavy atom. The number of aryl methyl sites for hydroxylation is 1. The van der Waals surface area contributed by atoms with Crippen molar-refractivity contribution in [1.82, 2.24) is 10.3 Å². The van der Waals surface area contributed by atoms with Gasteiger partial charge in [-0.3, -0.25) is 19.9 Å². The number of nitro groups is 1. The number of nitro benzene ring substituents is 1. The smallest absolute Gasteiger partial charge is 0.280 e. The second-order valence-corrected chi connectivity index (χ2v) is 9.34. The summed E-state index contributed by atoms with van der Waals surface area (Å²) < 4.78 is 11.2. The maximum atomic E-state index is 12.0. The molecule has 1 saturated heterocycles. The van der Waals surface area contributed by atoms with Gasteiger partial charge in [0, 0.05) is 30.7 Å². The molecule has 1 aliphatic rings. The van der Waals surface area contributed by atoms with Gasteiger partial charge in [0.05, 0.1) is 22.2 Å². The topological polar surface area (TPSA) is 123 Å². The molecule has 0 radical (unpaired) electrons. The third kappa shape index (κ3) is 5.22. The van der Waals surface area contributed by atoms with Gasteiger partial charge in [-0.1, -0.05) is 18.2 Å². The second kappa shape index (κ2) is 11.0. The van der Waals surface area contributed by atoms with E-state index in [4.69, 9.17) is 21.4 Å². The fourth-order valence-electron chi connectivity index (χ4n) is 4.67. The number of nitrogens with one attached hydrogen (secondary N) is 2. The maximum Gasteiger partial charge on any atom is 0.280 e. The van der Waals surface area contributed by atoms with E-state index in [1.54, 1.807) is 30.5 Å². The maximum absolute atomic E-state index is 12.0. The van der Waals surface area contributed by atoms with Crippen LogP contribution in [-0.2, 0) is 9.53 Å². The summed E-state index contributed by atoms with van der Waals surface area (Å²) in [6, 6.07) is 20.4. The van der Waals surface area contributed by atoms with Crippen LogP contribution in [0.5, 0.6) is 0 Å². The third-order valence-corrected chi connectivity index (χ3v) is 6.73. The zero-order chi connectivity index (χ0) is 27.5. The molecule has 2 aromatic heterocycles. The lowest BCUT2D eigenvalue weighted by atomic mass is 10.0. The molecule has 1 amide bonds. The van der Waals surface area contributed by atoms with E-state index < -0.39 is 11.0 Å². The average Bonchev–Trinajstić information content (AvgIpc) is 3.55. The number of thiocarbonyl (C=S) groups is 1. The first-order valence-electron chi connectivity index (χ1n) is 12.1. The molecule has 2 N–H and O–H groups in total. The molecule has 0 spiro atoms. The van der Waals surface area contributed by atoms with Crippen LogP contribution in [-0.4, -0.2) is 34.6 Å². The fourth-order valence-corrected chi connectivity index (χ4v) is 5.02. The SMILES string of the molecule is COCC(=O)Nc1ccc(N2C(=S)N[C@@H](c3ccccn3)[C@@H]2c2ccc(-c3ccccc3[N+](=O)[O-])o2)cc1C. The second-order valence-electron chi connectivity index (χ2n) is 8.95. The fraction of sp³-hybridized carbons (Fsp3) is 0.179. The molecule has 2 atom stereocenters. The molecule has 10 nitrogen and oxygen atoms in total. The molecule has 0 unspecified atom stereocenters. The number of pyridine rings is 1. The Morgan fingerprint density at radius 2 is 1.97 bits per heavy atom. The van der Waals surface area contributed by atoms with Gasteiger partial charge < -0.3 is 24.7 Å². The monoisotopic (exact) mass is 543 g/mol. The van der Waals surface area contributed by atoms with Gasteiger partial charge in [-0.15, -0.1) is 0 Å². The van der Waals surface area contributed by atoms with Gasteiger partial charge in [0.2, 0.25) is 5.91 Å². The number of furan rings is 1. The number of ether oxygens (including phenoxy) is 1. The molecule has 5 rings (SSSR count). The molecule has 4 aromatic rings. The Bertz CT molecular complexity index is 1540. The lowest BCUT2D eigenvalue weighted by molar-refractivity contribution is -0.384. The normalized spacial score (nSPS) is 16.7. The number of nitrogens with zero attached hydrogens (tertiary/aromatic N) is 3. The molecule has 0 saturated carbocycles. The number of anilines is 2. The van der Waals surface area contributed by atoms with Gasteiger partial charge in [0.25, 0.3) is 5.69 Å². The van der Waals surface area contributed by atoms with E-state index in [2.05, 4.69) is 15.6 Å². The summed E-state index contributed by atoms with van der Waals surface area (Å²) in [6.07, 6.45) is 1.71. The minimum absolute atomic E-state index is 0.0432. The average molecular weight is 544 g/mol. The summed E-state index contributed by atoms with van der Waals surface area (Å²) >= 11 is 5.78. The number of amides is 1. The van der Waals surface area contributed by atoms with Crippen LogP contribution in [0.1, 0.15) is 29.1 Å². The number of hydrogen-bond donors (Lipinski definition) is 2. The Labute approximate surface area is 229 Å². The molecule has 1 fully saturated rings. The standard InChI is InChI=1S/C28H25N5O5S/c1-17-15-18(10-11-20(17)30-25(34)16-37-2)32-27(26(31-28(32)39)21-8-5-6-14-29-21)24-13-12-23(38-24)19-7-3-4-9-22(19)33(35)36/h3-15,26-27H,16H2,1-2H3,(H,30,34)(H,31,39)/t26-,27-/m0/s1. The molecule has 1 aliphatic heterocycles. The zero-order valence-corrected chi connectivity index (χ0v) is 22.0. The van der Waals surface area contributed by atoms with E-state index in [0.717, 1.165) is 16.9 Å². The lowest BCUT2D eigenvalue weighted by Crippen LogP contribution is -2.29. The summed E-state index contributed by atoms with van der Waals surface area (Å²) in [7, 11) is 1.46. The molecule has 11 heteroatoms. The Hall–Kier alpha value is -4.61. The minimum Gasteiger partial charge on any atom is -0.459 e. The van der Waals surface area contributed by atoms with Crippen molar-refractivity contribution in [3.05, 3.63) is 106 Å². The van der Waals surface area contributed by atoms with Crippen LogP contribution in [0, 0.1) is 17.0 Å². The molecular formula is C28H25N5O5S. The first kappa shape index (κ1) is 26.0. The first-order valence-corrected chi connectivity index (χ1v) is 12.5. The first-order chi connectivity index (χ1) is 18.9. The van der Waals surface area contributed by atoms with Crippen LogP contribution in [0.4, 0.5) is 17.1 Å². The minimum atomic E-state index is -0.447. The van der Waals surface area contributed by atoms with Crippen molar-refractivity contribution in [2.24, 2.45) is 0 Å². The number of methoxy groups -OCH3 is 1. The van der Waals surface area contributed by atoms with Crippen molar-refractivity contribution in [2.45, 2.75) is 19.0 Å². The quantitative estimate of drug-likeness (QED) is 0.173. The Kier molecular flexibility index (Phi) is 7.35. The van der Waals surface area contributed by atoms with Crippen molar-refractivity contribution in [2.75, 3.05) is 23.9 Å². The van der Waals surface area contributed by atoms with E-state index >= 15 is 0 Å². The van der Waals surface area contributed by atoms with Crippen molar-refractivity contribution >= 4 is 40.3 Å². The van der Waals surface area contributed by atoms with E-state index in [-0.39, 0.29) is 24.2 Å². The number of aromatic nitrogens is 1. The van der Waals surface area contributed by atoms with Gasteiger partial charge in [0.1, 0.15) is 24.2 Å². The van der Waals surface area contributed by atoms with Crippen molar-refractivity contribution in [3.8, 4) is 11.3 Å². The van der Waals surface area contributed by atoms with E-state index in [9.17, 15) is 14.9 Å². The summed E-state index contributed by atoms with van der Waals surface area (Å²) in [5.41, 5.74) is 3.37. The van der Waals surface area contributed by atoms with Crippen LogP contribution >= 0.6 is 12.2 Å². The number of rotatable bonds is 8. The third-order valence-electron chi connectivity index (χ3n) is 6.42. The van der Waals surface area contributed by atoms with Crippen LogP contribution in [0.3, 0.4) is 0 Å². The van der Waals surface area contributed by atoms with Crippen molar-refractivity contribution < 1.29 is 18.9 Å². The molecule has 39 heavy (non-hydrogen) atoms. The molecule has 0 aliphatic carbocycles. The summed E-state index contributed by atoms with van der Waals surface area (Å²) in [5, 5.41) is 18.3. The number of carbonyl (C=O) groups is 1. The van der Waals surface area contributed by atoms with Gasteiger partial charge in [0.15, 0.2) is 5.11 Å². The Morgan fingerprint density at radius 1 is 1.18 bits per heavy atom. The highest BCUT2D eigenvalue weighted by atomic mass is 32.1. The van der Waals surface area contributed by atoms with Gasteiger partial charge in [-0.05, 0) is 73.2 Å². The molecule has 0 bridgehead atoms. The number of para-hydroxylation sites is 1. The van der Waals surface area contributed by atoms with E-state index in [0.29, 0.717) is 27.9 Å². The predicted octanol–water partition coefficient (Wildman–Crippen LogP) is 5.32. The van der Waals surface area contributed by atoms with Crippen LogP contribution < -0.4 is 15.5 Å². The number of hydrogen-bond acceptors (Lipinski definition) is 7. The van der Waals surface area contributed by atoms with Gasteiger partial charge in [-0.2, -0.15) is 0 Å². The van der Waals surface area contributed by atoms with Crippen LogP contribution in [0.25, 0.3) is 11.3 Å². The summed E-state index contributed by atoms with van der Waals surface area (Å²) in [4.78, 5) is 29.7. The van der Waals surface area contributed by atoms with E-state index in [1.807, 2.05) is 54.3 Å². The van der Waals surface area contributed by atoms with E-state index in [1.165, 1.54) is 13.2 Å². The Balaban J connectivity index is 1.56. The highest BCUT2D eigenvalue weighted by Crippen LogP contribution is 2.44. The predicted molar refractivity (Wildman–Crippen MR) is 150 cm³/mol. The highest BCUT2D eigenvalue weighted by molar-refractivity contribution is 7.80. The summed E-state index contributed by atoms with van der Waals surface area (Å²) in [5.74, 6) is 0.682. The van der Waals surface area contributed by atoms with Crippen molar-refractivity contribution in [3.63, 3.8) is 0 Å².